The molecule has 1 N–H and O–H groups in total. The fraction of sp³-hybridized carbons (Fsp3) is 0.0952. The van der Waals surface area contributed by atoms with Crippen LogP contribution in [0.3, 0.4) is 0 Å². The molecule has 0 aliphatic heterocycles. The molecular formula is C21H18FNOS. The first-order valence-electron chi connectivity index (χ1n) is 7.93. The zero-order valence-corrected chi connectivity index (χ0v) is 14.9. The molecule has 0 spiro atoms. The molecule has 0 atom stereocenters. The summed E-state index contributed by atoms with van der Waals surface area (Å²) in [4.78, 5) is 14.5. The Balaban J connectivity index is 1.68. The first-order valence-corrected chi connectivity index (χ1v) is 8.75. The number of carbonyl (C=O) groups is 1. The Kier molecular flexibility index (Phi) is 5.19. The smallest absolute Gasteiger partial charge is 0.255 e. The van der Waals surface area contributed by atoms with Crippen molar-refractivity contribution in [3.05, 3.63) is 89.2 Å². The van der Waals surface area contributed by atoms with Crippen molar-refractivity contribution in [3.63, 3.8) is 0 Å². The van der Waals surface area contributed by atoms with Crippen LogP contribution in [0.1, 0.15) is 21.5 Å². The molecule has 0 radical (unpaired) electrons. The van der Waals surface area contributed by atoms with Gasteiger partial charge in [-0.05, 0) is 79.6 Å². The fourth-order valence-electron chi connectivity index (χ4n) is 2.36. The zero-order valence-electron chi connectivity index (χ0n) is 14.0. The molecule has 25 heavy (non-hydrogen) atoms. The van der Waals surface area contributed by atoms with Crippen LogP contribution in [0.25, 0.3) is 0 Å². The lowest BCUT2D eigenvalue weighted by Gasteiger charge is -2.09. The number of hydrogen-bond acceptors (Lipinski definition) is 2. The number of benzene rings is 3. The van der Waals surface area contributed by atoms with Crippen molar-refractivity contribution in [1.82, 2.24) is 0 Å². The Labute approximate surface area is 151 Å². The van der Waals surface area contributed by atoms with Crippen molar-refractivity contribution in [2.75, 3.05) is 5.32 Å². The van der Waals surface area contributed by atoms with E-state index in [1.165, 1.54) is 40.3 Å². The van der Waals surface area contributed by atoms with Crippen LogP contribution in [-0.2, 0) is 0 Å². The third kappa shape index (κ3) is 4.48. The molecular weight excluding hydrogens is 333 g/mol. The Morgan fingerprint density at radius 1 is 0.920 bits per heavy atom. The molecule has 0 aromatic heterocycles. The molecule has 3 aromatic carbocycles. The van der Waals surface area contributed by atoms with Gasteiger partial charge in [0.15, 0.2) is 0 Å². The molecule has 0 unspecified atom stereocenters. The summed E-state index contributed by atoms with van der Waals surface area (Å²) in [7, 11) is 0. The average Bonchev–Trinajstić information content (AvgIpc) is 2.60. The minimum absolute atomic E-state index is 0.255. The molecule has 3 aromatic rings. The van der Waals surface area contributed by atoms with Crippen molar-refractivity contribution >= 4 is 23.4 Å². The van der Waals surface area contributed by atoms with Crippen molar-refractivity contribution in [2.45, 2.75) is 23.6 Å². The minimum Gasteiger partial charge on any atom is -0.322 e. The second-order valence-electron chi connectivity index (χ2n) is 5.86. The van der Waals surface area contributed by atoms with Gasteiger partial charge in [0.1, 0.15) is 5.82 Å². The second-order valence-corrected chi connectivity index (χ2v) is 6.97. The van der Waals surface area contributed by atoms with Crippen molar-refractivity contribution in [2.24, 2.45) is 0 Å². The van der Waals surface area contributed by atoms with Gasteiger partial charge in [-0.25, -0.2) is 4.39 Å². The van der Waals surface area contributed by atoms with Crippen molar-refractivity contribution < 1.29 is 9.18 Å². The predicted octanol–water partition coefficient (Wildman–Crippen LogP) is 5.85. The van der Waals surface area contributed by atoms with E-state index in [9.17, 15) is 9.18 Å². The van der Waals surface area contributed by atoms with E-state index in [0.717, 1.165) is 4.90 Å². The molecule has 0 saturated heterocycles. The van der Waals surface area contributed by atoms with Gasteiger partial charge < -0.3 is 5.32 Å². The van der Waals surface area contributed by atoms with Crippen LogP contribution in [0.5, 0.6) is 0 Å². The van der Waals surface area contributed by atoms with Crippen LogP contribution < -0.4 is 5.32 Å². The van der Waals surface area contributed by atoms with Gasteiger partial charge in [-0.15, -0.1) is 0 Å². The zero-order chi connectivity index (χ0) is 17.8. The maximum atomic E-state index is 12.9. The normalized spacial score (nSPS) is 10.5. The SMILES string of the molecule is Cc1ccc(C)c(Sc2ccc(NC(=O)c3ccc(F)cc3)cc2)c1. The van der Waals surface area contributed by atoms with E-state index in [1.807, 2.05) is 24.3 Å². The van der Waals surface area contributed by atoms with Crippen LogP contribution in [0.2, 0.25) is 0 Å². The lowest BCUT2D eigenvalue weighted by Crippen LogP contribution is -2.11. The Morgan fingerprint density at radius 3 is 2.28 bits per heavy atom. The molecule has 1 amide bonds. The van der Waals surface area contributed by atoms with Gasteiger partial charge in [0.2, 0.25) is 0 Å². The van der Waals surface area contributed by atoms with Gasteiger partial charge in [0.25, 0.3) is 5.91 Å². The Hall–Kier alpha value is -2.59. The molecule has 0 saturated carbocycles. The highest BCUT2D eigenvalue weighted by atomic mass is 32.2. The number of anilines is 1. The molecule has 0 heterocycles. The fourth-order valence-corrected chi connectivity index (χ4v) is 3.36. The molecule has 4 heteroatoms. The van der Waals surface area contributed by atoms with Crippen LogP contribution in [-0.4, -0.2) is 5.91 Å². The van der Waals surface area contributed by atoms with E-state index in [0.29, 0.717) is 11.3 Å². The summed E-state index contributed by atoms with van der Waals surface area (Å²) in [6.45, 7) is 4.18. The van der Waals surface area contributed by atoms with Gasteiger partial charge in [0.05, 0.1) is 0 Å². The number of carbonyl (C=O) groups excluding carboxylic acids is 1. The lowest BCUT2D eigenvalue weighted by molar-refractivity contribution is 0.102. The minimum atomic E-state index is -0.357. The van der Waals surface area contributed by atoms with Gasteiger partial charge in [-0.1, -0.05) is 23.9 Å². The molecule has 0 aliphatic rings. The summed E-state index contributed by atoms with van der Waals surface area (Å²) in [6.07, 6.45) is 0. The predicted molar refractivity (Wildman–Crippen MR) is 101 cm³/mol. The standard InChI is InChI=1S/C21H18FNOS/c1-14-3-4-15(2)20(13-14)25-19-11-9-18(10-12-19)23-21(24)16-5-7-17(22)8-6-16/h3-13H,1-2H3,(H,23,24). The highest BCUT2D eigenvalue weighted by molar-refractivity contribution is 7.99. The Bertz CT molecular complexity index is 889. The summed E-state index contributed by atoms with van der Waals surface area (Å²) >= 11 is 1.70. The molecule has 126 valence electrons. The van der Waals surface area contributed by atoms with E-state index >= 15 is 0 Å². The average molecular weight is 351 g/mol. The van der Waals surface area contributed by atoms with Crippen LogP contribution in [0.15, 0.2) is 76.5 Å². The van der Waals surface area contributed by atoms with Crippen LogP contribution >= 0.6 is 11.8 Å². The van der Waals surface area contributed by atoms with Gasteiger partial charge >= 0.3 is 0 Å². The maximum Gasteiger partial charge on any atom is 0.255 e. The third-order valence-corrected chi connectivity index (χ3v) is 4.96. The summed E-state index contributed by atoms with van der Waals surface area (Å²) in [6, 6.07) is 19.6. The number of halogens is 1. The number of aryl methyl sites for hydroxylation is 2. The van der Waals surface area contributed by atoms with E-state index < -0.39 is 0 Å². The van der Waals surface area contributed by atoms with Gasteiger partial charge in [0, 0.05) is 21.0 Å². The summed E-state index contributed by atoms with van der Waals surface area (Å²) in [5.41, 5.74) is 3.61. The quantitative estimate of drug-likeness (QED) is 0.639. The first kappa shape index (κ1) is 17.2. The van der Waals surface area contributed by atoms with E-state index in [4.69, 9.17) is 0 Å². The van der Waals surface area contributed by atoms with E-state index in [2.05, 4.69) is 37.4 Å². The number of rotatable bonds is 4. The van der Waals surface area contributed by atoms with Crippen LogP contribution in [0.4, 0.5) is 10.1 Å². The van der Waals surface area contributed by atoms with E-state index in [-0.39, 0.29) is 11.7 Å². The molecule has 0 fully saturated rings. The Morgan fingerprint density at radius 2 is 1.60 bits per heavy atom. The monoisotopic (exact) mass is 351 g/mol. The summed E-state index contributed by atoms with van der Waals surface area (Å²) in [5, 5.41) is 2.82. The van der Waals surface area contributed by atoms with Gasteiger partial charge in [-0.2, -0.15) is 0 Å². The molecule has 2 nitrogen and oxygen atoms in total. The number of hydrogen-bond donors (Lipinski definition) is 1. The molecule has 0 aliphatic carbocycles. The third-order valence-electron chi connectivity index (χ3n) is 3.79. The lowest BCUT2D eigenvalue weighted by atomic mass is 10.2. The van der Waals surface area contributed by atoms with Gasteiger partial charge in [-0.3, -0.25) is 4.79 Å². The van der Waals surface area contributed by atoms with E-state index in [1.54, 1.807) is 11.8 Å². The highest BCUT2D eigenvalue weighted by Crippen LogP contribution is 2.31. The largest absolute Gasteiger partial charge is 0.322 e. The summed E-state index contributed by atoms with van der Waals surface area (Å²) in [5.74, 6) is -0.612. The highest BCUT2D eigenvalue weighted by Gasteiger charge is 2.07. The number of amides is 1. The topological polar surface area (TPSA) is 29.1 Å². The first-order chi connectivity index (χ1) is 12.0. The molecule has 0 bridgehead atoms. The van der Waals surface area contributed by atoms with Crippen molar-refractivity contribution in [3.8, 4) is 0 Å². The van der Waals surface area contributed by atoms with Crippen LogP contribution in [0, 0.1) is 19.7 Å². The molecule has 3 rings (SSSR count). The van der Waals surface area contributed by atoms with Crippen molar-refractivity contribution in [1.29, 1.82) is 0 Å². The summed E-state index contributed by atoms with van der Waals surface area (Å²) < 4.78 is 12.9. The maximum absolute atomic E-state index is 12.9. The second kappa shape index (κ2) is 7.53. The number of nitrogens with one attached hydrogen (secondary N) is 1.